The molecule has 2 rings (SSSR count). The van der Waals surface area contributed by atoms with Gasteiger partial charge in [-0.2, -0.15) is 0 Å². The van der Waals surface area contributed by atoms with Crippen LogP contribution >= 0.6 is 0 Å². The van der Waals surface area contributed by atoms with Crippen LogP contribution in [0.3, 0.4) is 0 Å². The molecule has 0 radical (unpaired) electrons. The van der Waals surface area contributed by atoms with Crippen LogP contribution in [0.4, 0.5) is 0 Å². The Balaban J connectivity index is 2.18. The number of hydrogen-bond acceptors (Lipinski definition) is 0. The third-order valence-corrected chi connectivity index (χ3v) is 5.16. The van der Waals surface area contributed by atoms with Crippen molar-refractivity contribution in [1.29, 1.82) is 0 Å². The van der Waals surface area contributed by atoms with E-state index >= 15 is 0 Å². The summed E-state index contributed by atoms with van der Waals surface area (Å²) in [5.41, 5.74) is 3.16. The van der Waals surface area contributed by atoms with E-state index in [1.807, 2.05) is 0 Å². The molecule has 1 atom stereocenters. The highest BCUT2D eigenvalue weighted by atomic mass is 28.3. The maximum absolute atomic E-state index is 2.48. The van der Waals surface area contributed by atoms with E-state index in [0.29, 0.717) is 0 Å². The Kier molecular flexibility index (Phi) is 2.97. The van der Waals surface area contributed by atoms with Gasteiger partial charge in [-0.15, -0.1) is 0 Å². The summed E-state index contributed by atoms with van der Waals surface area (Å²) in [7, 11) is 1.47. The Bertz CT molecular complexity index is 381. The number of fused-ring (bicyclic) bond motifs is 1. The molecular formula is C14H24NSi+. The van der Waals surface area contributed by atoms with Gasteiger partial charge in [-0.1, -0.05) is 43.9 Å². The van der Waals surface area contributed by atoms with Crippen molar-refractivity contribution >= 4 is 8.07 Å². The number of rotatable bonds is 2. The van der Waals surface area contributed by atoms with Crippen LogP contribution in [-0.2, 0) is 13.0 Å². The number of nitrogens with zero attached hydrogens (tertiary/aromatic N) is 1. The van der Waals surface area contributed by atoms with Crippen LogP contribution in [0.25, 0.3) is 0 Å². The van der Waals surface area contributed by atoms with Gasteiger partial charge in [-0.25, -0.2) is 0 Å². The first kappa shape index (κ1) is 11.9. The molecule has 1 nitrogen and oxygen atoms in total. The van der Waals surface area contributed by atoms with Gasteiger partial charge < -0.3 is 4.48 Å². The quantitative estimate of drug-likeness (QED) is 0.545. The van der Waals surface area contributed by atoms with E-state index in [-0.39, 0.29) is 0 Å². The van der Waals surface area contributed by atoms with E-state index in [4.69, 9.17) is 0 Å². The maximum Gasteiger partial charge on any atom is 0.110 e. The summed E-state index contributed by atoms with van der Waals surface area (Å²) in [4.78, 5) is 0. The molecule has 0 aromatic heterocycles. The largest absolute Gasteiger partial charge is 0.325 e. The Morgan fingerprint density at radius 3 is 2.38 bits per heavy atom. The smallest absolute Gasteiger partial charge is 0.110 e. The minimum Gasteiger partial charge on any atom is -0.325 e. The molecule has 1 aliphatic heterocycles. The number of benzene rings is 1. The van der Waals surface area contributed by atoms with Crippen LogP contribution in [0.15, 0.2) is 24.3 Å². The van der Waals surface area contributed by atoms with Crippen LogP contribution in [-0.4, -0.2) is 32.3 Å². The SMILES string of the molecule is C[N+]1(C[Si](C)(C)C)CCc2ccccc2C1. The van der Waals surface area contributed by atoms with E-state index in [2.05, 4.69) is 51.0 Å². The molecule has 1 heterocycles. The van der Waals surface area contributed by atoms with Gasteiger partial charge in [0.05, 0.1) is 19.8 Å². The Labute approximate surface area is 101 Å². The molecule has 0 N–H and O–H groups in total. The molecule has 1 aromatic carbocycles. The third kappa shape index (κ3) is 2.74. The second-order valence-corrected chi connectivity index (χ2v) is 12.2. The summed E-state index contributed by atoms with van der Waals surface area (Å²) in [6.45, 7) is 10.0. The zero-order valence-corrected chi connectivity index (χ0v) is 12.1. The predicted octanol–water partition coefficient (Wildman–Crippen LogP) is 3.07. The maximum atomic E-state index is 2.48. The van der Waals surface area contributed by atoms with Crippen molar-refractivity contribution in [2.45, 2.75) is 32.6 Å². The summed E-state index contributed by atoms with van der Waals surface area (Å²) in [5.74, 6) is 0. The summed E-state index contributed by atoms with van der Waals surface area (Å²) in [5, 5.41) is 0. The van der Waals surface area contributed by atoms with Crippen molar-refractivity contribution in [3.63, 3.8) is 0 Å². The van der Waals surface area contributed by atoms with E-state index < -0.39 is 8.07 Å². The van der Waals surface area contributed by atoms with Crippen molar-refractivity contribution in [2.75, 3.05) is 19.8 Å². The molecule has 0 saturated heterocycles. The van der Waals surface area contributed by atoms with Gasteiger partial charge in [0.15, 0.2) is 0 Å². The van der Waals surface area contributed by atoms with E-state index in [0.717, 1.165) is 0 Å². The molecule has 0 saturated carbocycles. The number of hydrogen-bond donors (Lipinski definition) is 0. The highest BCUT2D eigenvalue weighted by Crippen LogP contribution is 2.25. The average molecular weight is 234 g/mol. The van der Waals surface area contributed by atoms with Gasteiger partial charge in [0.2, 0.25) is 0 Å². The standard InChI is InChI=1S/C14H24NSi/c1-15(12-16(2,3)4)10-9-13-7-5-6-8-14(13)11-15/h5-8H,9-12H2,1-4H3/q+1. The molecule has 0 fully saturated rings. The van der Waals surface area contributed by atoms with E-state index in [9.17, 15) is 0 Å². The summed E-state index contributed by atoms with van der Waals surface area (Å²) >= 11 is 0. The first-order chi connectivity index (χ1) is 7.38. The third-order valence-electron chi connectivity index (χ3n) is 3.45. The first-order valence-electron chi connectivity index (χ1n) is 6.28. The van der Waals surface area contributed by atoms with Gasteiger partial charge in [-0.3, -0.25) is 0 Å². The van der Waals surface area contributed by atoms with Crippen molar-refractivity contribution < 1.29 is 4.48 Å². The topological polar surface area (TPSA) is 0 Å². The van der Waals surface area contributed by atoms with Crippen LogP contribution in [0, 0.1) is 0 Å². The van der Waals surface area contributed by atoms with Gasteiger partial charge in [0.25, 0.3) is 0 Å². The Morgan fingerprint density at radius 2 is 1.75 bits per heavy atom. The number of likely N-dealkylation sites (N-methyl/N-ethyl adjacent to an activating group) is 1. The summed E-state index contributed by atoms with van der Waals surface area (Å²) < 4.78 is 1.26. The Morgan fingerprint density at radius 1 is 1.12 bits per heavy atom. The molecule has 0 spiro atoms. The predicted molar refractivity (Wildman–Crippen MR) is 73.1 cm³/mol. The van der Waals surface area contributed by atoms with Crippen LogP contribution < -0.4 is 0 Å². The lowest BCUT2D eigenvalue weighted by molar-refractivity contribution is -0.915. The second kappa shape index (κ2) is 4.01. The fourth-order valence-corrected chi connectivity index (χ4v) is 5.68. The molecule has 0 aliphatic carbocycles. The lowest BCUT2D eigenvalue weighted by Gasteiger charge is -2.42. The number of quaternary nitrogens is 1. The highest BCUT2D eigenvalue weighted by Gasteiger charge is 2.33. The Hall–Kier alpha value is -0.603. The van der Waals surface area contributed by atoms with Crippen molar-refractivity contribution in [1.82, 2.24) is 0 Å². The molecule has 1 aliphatic rings. The fraction of sp³-hybridized carbons (Fsp3) is 0.571. The zero-order chi connectivity index (χ0) is 11.8. The van der Waals surface area contributed by atoms with Crippen LogP contribution in [0.1, 0.15) is 11.1 Å². The molecule has 0 amide bonds. The molecule has 16 heavy (non-hydrogen) atoms. The van der Waals surface area contributed by atoms with Gasteiger partial charge in [0.1, 0.15) is 14.6 Å². The molecule has 0 bridgehead atoms. The molecule has 88 valence electrons. The lowest BCUT2D eigenvalue weighted by Crippen LogP contribution is -2.55. The van der Waals surface area contributed by atoms with Gasteiger partial charge in [-0.05, 0) is 5.56 Å². The average Bonchev–Trinajstić information content (AvgIpc) is 2.14. The fourth-order valence-electron chi connectivity index (χ4n) is 3.12. The molecule has 1 aromatic rings. The zero-order valence-electron chi connectivity index (χ0n) is 11.1. The van der Waals surface area contributed by atoms with E-state index in [1.54, 1.807) is 11.1 Å². The monoisotopic (exact) mass is 234 g/mol. The molecule has 1 unspecified atom stereocenters. The van der Waals surface area contributed by atoms with Gasteiger partial charge >= 0.3 is 0 Å². The van der Waals surface area contributed by atoms with Crippen molar-refractivity contribution in [3.8, 4) is 0 Å². The van der Waals surface area contributed by atoms with Crippen molar-refractivity contribution in [3.05, 3.63) is 35.4 Å². The minimum atomic E-state index is -0.966. The van der Waals surface area contributed by atoms with E-state index in [1.165, 1.54) is 30.2 Å². The first-order valence-corrected chi connectivity index (χ1v) is 9.99. The lowest BCUT2D eigenvalue weighted by atomic mass is 9.99. The summed E-state index contributed by atoms with van der Waals surface area (Å²) in [6, 6.07) is 8.97. The highest BCUT2D eigenvalue weighted by molar-refractivity contribution is 6.75. The molecule has 2 heteroatoms. The minimum absolute atomic E-state index is 0.966. The molecular weight excluding hydrogens is 210 g/mol. The normalized spacial score (nSPS) is 25.2. The summed E-state index contributed by atoms with van der Waals surface area (Å²) in [6.07, 6.45) is 2.67. The van der Waals surface area contributed by atoms with Crippen LogP contribution in [0.5, 0.6) is 0 Å². The second-order valence-electron chi connectivity index (χ2n) is 6.74. The van der Waals surface area contributed by atoms with Crippen LogP contribution in [0.2, 0.25) is 19.6 Å². The van der Waals surface area contributed by atoms with Gasteiger partial charge in [0, 0.05) is 12.0 Å². The van der Waals surface area contributed by atoms with Crippen molar-refractivity contribution in [2.24, 2.45) is 0 Å².